The summed E-state index contributed by atoms with van der Waals surface area (Å²) in [6.07, 6.45) is 3.97. The van der Waals surface area contributed by atoms with E-state index in [-0.39, 0.29) is 18.0 Å². The van der Waals surface area contributed by atoms with Gasteiger partial charge in [0.05, 0.1) is 12.1 Å². The number of para-hydroxylation sites is 1. The van der Waals surface area contributed by atoms with E-state index in [9.17, 15) is 9.18 Å². The van der Waals surface area contributed by atoms with E-state index >= 15 is 0 Å². The van der Waals surface area contributed by atoms with Crippen LogP contribution in [-0.2, 0) is 18.3 Å². The highest BCUT2D eigenvalue weighted by Gasteiger charge is 2.07. The van der Waals surface area contributed by atoms with Crippen LogP contribution in [0.5, 0.6) is 0 Å². The van der Waals surface area contributed by atoms with Crippen molar-refractivity contribution in [3.63, 3.8) is 0 Å². The summed E-state index contributed by atoms with van der Waals surface area (Å²) in [6, 6.07) is 7.99. The van der Waals surface area contributed by atoms with Gasteiger partial charge in [-0.1, -0.05) is 12.1 Å². The van der Waals surface area contributed by atoms with E-state index in [1.165, 1.54) is 12.1 Å². The summed E-state index contributed by atoms with van der Waals surface area (Å²) < 4.78 is 15.1. The van der Waals surface area contributed by atoms with Crippen LogP contribution in [0.25, 0.3) is 0 Å². The number of rotatable bonds is 3. The van der Waals surface area contributed by atoms with Crippen molar-refractivity contribution in [1.29, 1.82) is 0 Å². The second-order valence-electron chi connectivity index (χ2n) is 3.89. The van der Waals surface area contributed by atoms with Crippen molar-refractivity contribution in [1.82, 2.24) is 4.57 Å². The van der Waals surface area contributed by atoms with Gasteiger partial charge in [-0.15, -0.1) is 0 Å². The van der Waals surface area contributed by atoms with Gasteiger partial charge in [0.25, 0.3) is 0 Å². The minimum absolute atomic E-state index is 0.216. The Hall–Kier alpha value is -2.10. The van der Waals surface area contributed by atoms with E-state index in [4.69, 9.17) is 0 Å². The first-order valence-corrected chi connectivity index (χ1v) is 5.30. The summed E-state index contributed by atoms with van der Waals surface area (Å²) in [4.78, 5) is 11.7. The Balaban J connectivity index is 2.01. The van der Waals surface area contributed by atoms with Gasteiger partial charge in [0, 0.05) is 19.4 Å². The molecule has 1 aromatic carbocycles. The lowest BCUT2D eigenvalue weighted by Crippen LogP contribution is -2.14. The van der Waals surface area contributed by atoms with Gasteiger partial charge in [0.15, 0.2) is 0 Å². The van der Waals surface area contributed by atoms with Crippen LogP contribution >= 0.6 is 0 Å². The molecule has 0 unspecified atom stereocenters. The van der Waals surface area contributed by atoms with Crippen molar-refractivity contribution in [3.05, 3.63) is 54.1 Å². The standard InChI is InChI=1S/C13H13FN2O/c1-16-7-6-10(9-16)8-13(17)15-12-5-3-2-4-11(12)14/h2-7,9H,8H2,1H3,(H,15,17). The monoisotopic (exact) mass is 232 g/mol. The highest BCUT2D eigenvalue weighted by molar-refractivity contribution is 5.92. The maximum absolute atomic E-state index is 13.3. The van der Waals surface area contributed by atoms with E-state index in [0.29, 0.717) is 0 Å². The molecule has 0 aliphatic heterocycles. The maximum Gasteiger partial charge on any atom is 0.228 e. The zero-order valence-corrected chi connectivity index (χ0v) is 9.48. The van der Waals surface area contributed by atoms with Crippen molar-refractivity contribution >= 4 is 11.6 Å². The normalized spacial score (nSPS) is 10.2. The molecule has 0 fully saturated rings. The highest BCUT2D eigenvalue weighted by Crippen LogP contribution is 2.13. The lowest BCUT2D eigenvalue weighted by molar-refractivity contribution is -0.115. The van der Waals surface area contributed by atoms with E-state index < -0.39 is 5.82 Å². The molecule has 1 heterocycles. The fourth-order valence-corrected chi connectivity index (χ4v) is 1.61. The lowest BCUT2D eigenvalue weighted by Gasteiger charge is -2.05. The fourth-order valence-electron chi connectivity index (χ4n) is 1.61. The Kier molecular flexibility index (Phi) is 3.23. The van der Waals surface area contributed by atoms with Crippen molar-refractivity contribution in [3.8, 4) is 0 Å². The Morgan fingerprint density at radius 3 is 2.76 bits per heavy atom. The number of nitrogens with one attached hydrogen (secondary N) is 1. The van der Waals surface area contributed by atoms with Gasteiger partial charge in [0.1, 0.15) is 5.82 Å². The minimum Gasteiger partial charge on any atom is -0.357 e. The van der Waals surface area contributed by atoms with Gasteiger partial charge in [-0.3, -0.25) is 4.79 Å². The van der Waals surface area contributed by atoms with E-state index in [1.807, 2.05) is 30.1 Å². The molecule has 0 saturated heterocycles. The molecule has 0 spiro atoms. The molecule has 0 atom stereocenters. The summed E-state index contributed by atoms with van der Waals surface area (Å²) in [6.45, 7) is 0. The molecule has 2 aromatic rings. The van der Waals surface area contributed by atoms with Crippen LogP contribution in [0.4, 0.5) is 10.1 Å². The number of nitrogens with zero attached hydrogens (tertiary/aromatic N) is 1. The van der Waals surface area contributed by atoms with Gasteiger partial charge in [-0.25, -0.2) is 4.39 Å². The van der Waals surface area contributed by atoms with Gasteiger partial charge >= 0.3 is 0 Å². The Labute approximate surface area is 98.9 Å². The first-order chi connectivity index (χ1) is 8.15. The molecule has 3 nitrogen and oxygen atoms in total. The smallest absolute Gasteiger partial charge is 0.228 e. The lowest BCUT2D eigenvalue weighted by atomic mass is 10.2. The van der Waals surface area contributed by atoms with Crippen molar-refractivity contribution < 1.29 is 9.18 Å². The quantitative estimate of drug-likeness (QED) is 0.866. The number of hydrogen-bond acceptors (Lipinski definition) is 1. The molecule has 0 bridgehead atoms. The number of benzene rings is 1. The fraction of sp³-hybridized carbons (Fsp3) is 0.154. The summed E-state index contributed by atoms with van der Waals surface area (Å²) in [5.74, 6) is -0.643. The van der Waals surface area contributed by atoms with Gasteiger partial charge in [0.2, 0.25) is 5.91 Å². The number of carbonyl (C=O) groups is 1. The number of halogens is 1. The average Bonchev–Trinajstić information content (AvgIpc) is 2.67. The second kappa shape index (κ2) is 4.82. The Morgan fingerprint density at radius 1 is 1.35 bits per heavy atom. The predicted octanol–water partition coefficient (Wildman–Crippen LogP) is 2.35. The van der Waals surface area contributed by atoms with Crippen LogP contribution < -0.4 is 5.32 Å². The zero-order valence-electron chi connectivity index (χ0n) is 9.48. The minimum atomic E-state index is -0.422. The molecule has 0 aliphatic carbocycles. The summed E-state index contributed by atoms with van der Waals surface area (Å²) >= 11 is 0. The summed E-state index contributed by atoms with van der Waals surface area (Å²) in [7, 11) is 1.89. The molecule has 2 rings (SSSR count). The topological polar surface area (TPSA) is 34.0 Å². The third-order valence-corrected chi connectivity index (χ3v) is 2.41. The Morgan fingerprint density at radius 2 is 2.12 bits per heavy atom. The second-order valence-corrected chi connectivity index (χ2v) is 3.89. The van der Waals surface area contributed by atoms with Crippen LogP contribution in [-0.4, -0.2) is 10.5 Å². The molecule has 4 heteroatoms. The largest absolute Gasteiger partial charge is 0.357 e. The van der Waals surface area contributed by atoms with Gasteiger partial charge in [-0.2, -0.15) is 0 Å². The molecule has 1 N–H and O–H groups in total. The molecule has 88 valence electrons. The van der Waals surface area contributed by atoms with Gasteiger partial charge < -0.3 is 9.88 Å². The van der Waals surface area contributed by atoms with Crippen LogP contribution in [0.3, 0.4) is 0 Å². The molecule has 0 aliphatic rings. The van der Waals surface area contributed by atoms with E-state index in [2.05, 4.69) is 5.32 Å². The van der Waals surface area contributed by atoms with Crippen molar-refractivity contribution in [2.24, 2.45) is 7.05 Å². The van der Waals surface area contributed by atoms with Crippen LogP contribution in [0.15, 0.2) is 42.7 Å². The molecule has 0 radical (unpaired) electrons. The molecule has 1 amide bonds. The first kappa shape index (κ1) is 11.4. The predicted molar refractivity (Wildman–Crippen MR) is 64.1 cm³/mol. The average molecular weight is 232 g/mol. The maximum atomic E-state index is 13.3. The first-order valence-electron chi connectivity index (χ1n) is 5.30. The SMILES string of the molecule is Cn1ccc(CC(=O)Nc2ccccc2F)c1. The summed E-state index contributed by atoms with van der Waals surface area (Å²) in [5.41, 5.74) is 1.12. The number of aryl methyl sites for hydroxylation is 1. The van der Waals surface area contributed by atoms with Gasteiger partial charge in [-0.05, 0) is 23.8 Å². The molecular weight excluding hydrogens is 219 g/mol. The van der Waals surface area contributed by atoms with E-state index in [1.54, 1.807) is 12.1 Å². The third kappa shape index (κ3) is 2.93. The van der Waals surface area contributed by atoms with Crippen molar-refractivity contribution in [2.45, 2.75) is 6.42 Å². The highest BCUT2D eigenvalue weighted by atomic mass is 19.1. The number of amides is 1. The molecule has 17 heavy (non-hydrogen) atoms. The number of hydrogen-bond donors (Lipinski definition) is 1. The number of anilines is 1. The van der Waals surface area contributed by atoms with Crippen LogP contribution in [0, 0.1) is 5.82 Å². The number of carbonyl (C=O) groups excluding carboxylic acids is 1. The van der Waals surface area contributed by atoms with Crippen molar-refractivity contribution in [2.75, 3.05) is 5.32 Å². The molecule has 0 saturated carbocycles. The molecular formula is C13H13FN2O. The Bertz CT molecular complexity index is 534. The molecule has 1 aromatic heterocycles. The van der Waals surface area contributed by atoms with Crippen LogP contribution in [0.2, 0.25) is 0 Å². The third-order valence-electron chi connectivity index (χ3n) is 2.41. The summed E-state index contributed by atoms with van der Waals surface area (Å²) in [5, 5.41) is 2.54. The number of aromatic nitrogens is 1. The van der Waals surface area contributed by atoms with E-state index in [0.717, 1.165) is 5.56 Å². The zero-order chi connectivity index (χ0) is 12.3. The van der Waals surface area contributed by atoms with Crippen LogP contribution in [0.1, 0.15) is 5.56 Å².